The van der Waals surface area contributed by atoms with E-state index in [0.717, 1.165) is 0 Å². The van der Waals surface area contributed by atoms with Crippen LogP contribution >= 0.6 is 0 Å². The Morgan fingerprint density at radius 3 is 2.63 bits per heavy atom. The molecule has 2 unspecified atom stereocenters. The van der Waals surface area contributed by atoms with Crippen molar-refractivity contribution in [2.24, 2.45) is 0 Å². The van der Waals surface area contributed by atoms with Crippen molar-refractivity contribution in [1.82, 2.24) is 9.62 Å². The summed E-state index contributed by atoms with van der Waals surface area (Å²) < 4.78 is 43.1. The van der Waals surface area contributed by atoms with Crippen molar-refractivity contribution in [3.63, 3.8) is 0 Å². The zero-order chi connectivity index (χ0) is 18.9. The maximum atomic E-state index is 12.7. The normalized spacial score (nSPS) is 25.9. The van der Waals surface area contributed by atoms with Gasteiger partial charge in [-0.15, -0.1) is 0 Å². The van der Waals surface area contributed by atoms with Crippen LogP contribution < -0.4 is 20.1 Å². The molecule has 9 nitrogen and oxygen atoms in total. The summed E-state index contributed by atoms with van der Waals surface area (Å²) in [7, 11) is -3.44. The molecule has 10 heteroatoms. The molecular formula is C17H23N3O6S. The van der Waals surface area contributed by atoms with Crippen LogP contribution in [-0.2, 0) is 19.6 Å². The van der Waals surface area contributed by atoms with Crippen molar-refractivity contribution >= 4 is 21.6 Å². The van der Waals surface area contributed by atoms with Crippen molar-refractivity contribution < 1.29 is 27.4 Å². The zero-order valence-electron chi connectivity index (χ0n) is 14.8. The number of benzene rings is 1. The molecule has 0 aromatic heterocycles. The average Bonchev–Trinajstić information content (AvgIpc) is 3.20. The second-order valence-corrected chi connectivity index (χ2v) is 8.94. The Kier molecular flexibility index (Phi) is 5.22. The van der Waals surface area contributed by atoms with Gasteiger partial charge in [-0.2, -0.15) is 4.31 Å². The highest BCUT2D eigenvalue weighted by Crippen LogP contribution is 2.32. The van der Waals surface area contributed by atoms with E-state index < -0.39 is 21.3 Å². The number of carbonyl (C=O) groups excluding carboxylic acids is 1. The van der Waals surface area contributed by atoms with Gasteiger partial charge in [0.25, 0.3) is 0 Å². The van der Waals surface area contributed by atoms with Gasteiger partial charge in [-0.1, -0.05) is 0 Å². The molecule has 0 radical (unpaired) electrons. The minimum absolute atomic E-state index is 0.246. The zero-order valence-corrected chi connectivity index (χ0v) is 15.7. The molecule has 0 bridgehead atoms. The first kappa shape index (κ1) is 18.5. The van der Waals surface area contributed by atoms with Gasteiger partial charge in [-0.25, -0.2) is 8.42 Å². The molecule has 2 saturated heterocycles. The van der Waals surface area contributed by atoms with Gasteiger partial charge in [0.1, 0.15) is 13.2 Å². The van der Waals surface area contributed by atoms with Gasteiger partial charge in [-0.05, 0) is 18.6 Å². The fourth-order valence-electron chi connectivity index (χ4n) is 3.49. The fourth-order valence-corrected chi connectivity index (χ4v) is 5.31. The first-order chi connectivity index (χ1) is 13.0. The molecule has 3 aliphatic rings. The van der Waals surface area contributed by atoms with Crippen LogP contribution in [0.15, 0.2) is 18.2 Å². The van der Waals surface area contributed by atoms with Crippen molar-refractivity contribution in [2.75, 3.05) is 51.4 Å². The number of nitrogens with zero attached hydrogens (tertiary/aromatic N) is 1. The van der Waals surface area contributed by atoms with Crippen LogP contribution in [0.25, 0.3) is 0 Å². The minimum Gasteiger partial charge on any atom is -0.486 e. The number of rotatable bonds is 4. The van der Waals surface area contributed by atoms with Gasteiger partial charge in [-0.3, -0.25) is 4.79 Å². The largest absolute Gasteiger partial charge is 0.486 e. The third-order valence-corrected chi connectivity index (χ3v) is 7.25. The second kappa shape index (κ2) is 7.63. The monoisotopic (exact) mass is 397 g/mol. The Labute approximate surface area is 158 Å². The van der Waals surface area contributed by atoms with Crippen LogP contribution in [0.5, 0.6) is 11.5 Å². The van der Waals surface area contributed by atoms with E-state index in [4.69, 9.17) is 14.2 Å². The van der Waals surface area contributed by atoms with Crippen molar-refractivity contribution in [1.29, 1.82) is 0 Å². The molecule has 2 atom stereocenters. The molecule has 3 aliphatic heterocycles. The summed E-state index contributed by atoms with van der Waals surface area (Å²) in [6, 6.07) is 4.64. The van der Waals surface area contributed by atoms with Crippen LogP contribution in [0.4, 0.5) is 5.69 Å². The van der Waals surface area contributed by atoms with Gasteiger partial charge >= 0.3 is 0 Å². The maximum absolute atomic E-state index is 12.7. The molecule has 27 heavy (non-hydrogen) atoms. The van der Waals surface area contributed by atoms with E-state index in [1.54, 1.807) is 18.2 Å². The highest BCUT2D eigenvalue weighted by atomic mass is 32.2. The highest BCUT2D eigenvalue weighted by Gasteiger charge is 2.40. The fraction of sp³-hybridized carbons (Fsp3) is 0.588. The first-order valence-electron chi connectivity index (χ1n) is 9.04. The Balaban J connectivity index is 1.38. The average molecular weight is 397 g/mol. The third-order valence-electron chi connectivity index (χ3n) is 4.97. The van der Waals surface area contributed by atoms with Gasteiger partial charge in [0.2, 0.25) is 15.9 Å². The minimum atomic E-state index is -3.44. The van der Waals surface area contributed by atoms with Crippen molar-refractivity contribution in [3.05, 3.63) is 18.2 Å². The summed E-state index contributed by atoms with van der Waals surface area (Å²) in [5.41, 5.74) is 0.588. The number of morpholine rings is 1. The molecule has 2 N–H and O–H groups in total. The standard InChI is InChI=1S/C17H23N3O6S/c21-17(19-12-1-2-15-16(9-12)26-8-7-25-15)14-10-13(11-18-14)27(22,23)20-3-5-24-6-4-20/h1-2,9,13-14,18H,3-8,10-11H2,(H,19,21). The number of sulfonamides is 1. The Morgan fingerprint density at radius 1 is 1.11 bits per heavy atom. The van der Waals surface area contributed by atoms with E-state index in [2.05, 4.69) is 10.6 Å². The van der Waals surface area contributed by atoms with Crippen LogP contribution in [0.1, 0.15) is 6.42 Å². The molecular weight excluding hydrogens is 374 g/mol. The Hall–Kier alpha value is -1.88. The number of amides is 1. The van der Waals surface area contributed by atoms with E-state index in [9.17, 15) is 13.2 Å². The number of carbonyl (C=O) groups is 1. The number of ether oxygens (including phenoxy) is 3. The predicted octanol–water partition coefficient (Wildman–Crippen LogP) is -0.211. The van der Waals surface area contributed by atoms with E-state index >= 15 is 0 Å². The Bertz CT molecular complexity index is 809. The highest BCUT2D eigenvalue weighted by molar-refractivity contribution is 7.89. The quantitative estimate of drug-likeness (QED) is 0.724. The second-order valence-electron chi connectivity index (χ2n) is 6.72. The molecule has 0 saturated carbocycles. The predicted molar refractivity (Wildman–Crippen MR) is 97.6 cm³/mol. The smallest absolute Gasteiger partial charge is 0.241 e. The first-order valence-corrected chi connectivity index (χ1v) is 10.5. The molecule has 148 valence electrons. The van der Waals surface area contributed by atoms with Crippen molar-refractivity contribution in [2.45, 2.75) is 17.7 Å². The summed E-state index contributed by atoms with van der Waals surface area (Å²) in [5.74, 6) is 0.979. The van der Waals surface area contributed by atoms with Crippen LogP contribution in [0, 0.1) is 0 Å². The van der Waals surface area contributed by atoms with Crippen LogP contribution in [-0.4, -0.2) is 76.0 Å². The molecule has 1 amide bonds. The van der Waals surface area contributed by atoms with Crippen LogP contribution in [0.2, 0.25) is 0 Å². The molecule has 0 spiro atoms. The number of fused-ring (bicyclic) bond motifs is 1. The van der Waals surface area contributed by atoms with Gasteiger partial charge in [0.05, 0.1) is 24.5 Å². The SMILES string of the molecule is O=C(Nc1ccc2c(c1)OCCO2)C1CC(S(=O)(=O)N2CCOCC2)CN1. The van der Waals surface area contributed by atoms with Gasteiger partial charge < -0.3 is 24.8 Å². The van der Waals surface area contributed by atoms with E-state index in [1.165, 1.54) is 4.31 Å². The summed E-state index contributed by atoms with van der Waals surface area (Å²) in [6.45, 7) is 2.79. The van der Waals surface area contributed by atoms with Crippen molar-refractivity contribution in [3.8, 4) is 11.5 Å². The lowest BCUT2D eigenvalue weighted by Crippen LogP contribution is -2.45. The van der Waals surface area contributed by atoms with Gasteiger partial charge in [0.15, 0.2) is 11.5 Å². The molecule has 1 aromatic rings. The molecule has 4 rings (SSSR count). The molecule has 2 fully saturated rings. The number of hydrogen-bond donors (Lipinski definition) is 2. The molecule has 1 aromatic carbocycles. The number of anilines is 1. The third kappa shape index (κ3) is 3.88. The van der Waals surface area contributed by atoms with Crippen LogP contribution in [0.3, 0.4) is 0 Å². The van der Waals surface area contributed by atoms with E-state index in [1.807, 2.05) is 0 Å². The molecule has 3 heterocycles. The Morgan fingerprint density at radius 2 is 1.85 bits per heavy atom. The maximum Gasteiger partial charge on any atom is 0.241 e. The summed E-state index contributed by atoms with van der Waals surface area (Å²) in [5, 5.41) is 5.24. The van der Waals surface area contributed by atoms with Gasteiger partial charge in [0, 0.05) is 31.4 Å². The van der Waals surface area contributed by atoms with E-state index in [-0.39, 0.29) is 18.9 Å². The number of nitrogens with one attached hydrogen (secondary N) is 2. The summed E-state index contributed by atoms with van der Waals surface area (Å²) in [4.78, 5) is 12.6. The summed E-state index contributed by atoms with van der Waals surface area (Å²) in [6.07, 6.45) is 0.246. The lowest BCUT2D eigenvalue weighted by Gasteiger charge is -2.28. The number of hydrogen-bond acceptors (Lipinski definition) is 7. The van der Waals surface area contributed by atoms with E-state index in [0.29, 0.717) is 56.7 Å². The summed E-state index contributed by atoms with van der Waals surface area (Å²) >= 11 is 0. The lowest BCUT2D eigenvalue weighted by molar-refractivity contribution is -0.117. The topological polar surface area (TPSA) is 106 Å². The molecule has 0 aliphatic carbocycles. The lowest BCUT2D eigenvalue weighted by atomic mass is 10.2.